The summed E-state index contributed by atoms with van der Waals surface area (Å²) in [6.45, 7) is 7.73. The van der Waals surface area contributed by atoms with Gasteiger partial charge in [0.1, 0.15) is 11.5 Å². The van der Waals surface area contributed by atoms with Crippen LogP contribution in [-0.4, -0.2) is 26.8 Å². The van der Waals surface area contributed by atoms with Crippen molar-refractivity contribution in [1.29, 1.82) is 0 Å². The SMILES string of the molecule is Cc1nnc(CN2CCC[C@@H]2c2cc(C(C)C)on2)o1. The third-order valence-electron chi connectivity index (χ3n) is 3.73. The van der Waals surface area contributed by atoms with Crippen molar-refractivity contribution >= 4 is 0 Å². The summed E-state index contributed by atoms with van der Waals surface area (Å²) < 4.78 is 10.9. The number of rotatable bonds is 4. The van der Waals surface area contributed by atoms with Crippen molar-refractivity contribution in [1.82, 2.24) is 20.3 Å². The molecule has 0 aliphatic carbocycles. The van der Waals surface area contributed by atoms with Crippen molar-refractivity contribution in [2.24, 2.45) is 0 Å². The van der Waals surface area contributed by atoms with Gasteiger partial charge >= 0.3 is 0 Å². The molecule has 1 aliphatic rings. The van der Waals surface area contributed by atoms with Crippen molar-refractivity contribution in [2.45, 2.75) is 52.1 Å². The van der Waals surface area contributed by atoms with Crippen LogP contribution in [0.2, 0.25) is 0 Å². The zero-order valence-corrected chi connectivity index (χ0v) is 12.2. The zero-order chi connectivity index (χ0) is 14.1. The molecule has 0 N–H and O–H groups in total. The fraction of sp³-hybridized carbons (Fsp3) is 0.643. The van der Waals surface area contributed by atoms with Crippen LogP contribution in [0.3, 0.4) is 0 Å². The number of aromatic nitrogens is 3. The number of aryl methyl sites for hydroxylation is 1. The number of likely N-dealkylation sites (tertiary alicyclic amines) is 1. The summed E-state index contributed by atoms with van der Waals surface area (Å²) in [6.07, 6.45) is 2.25. The molecule has 3 rings (SSSR count). The van der Waals surface area contributed by atoms with Gasteiger partial charge < -0.3 is 8.94 Å². The molecule has 0 spiro atoms. The van der Waals surface area contributed by atoms with E-state index in [1.54, 1.807) is 0 Å². The van der Waals surface area contributed by atoms with Crippen LogP contribution < -0.4 is 0 Å². The monoisotopic (exact) mass is 276 g/mol. The number of nitrogens with zero attached hydrogens (tertiary/aromatic N) is 4. The van der Waals surface area contributed by atoms with Gasteiger partial charge in [-0.25, -0.2) is 0 Å². The second kappa shape index (κ2) is 5.36. The molecule has 1 saturated heterocycles. The third-order valence-corrected chi connectivity index (χ3v) is 3.73. The van der Waals surface area contributed by atoms with E-state index in [1.807, 2.05) is 6.92 Å². The van der Waals surface area contributed by atoms with Gasteiger partial charge in [-0.3, -0.25) is 4.90 Å². The van der Waals surface area contributed by atoms with Gasteiger partial charge in [0.05, 0.1) is 12.6 Å². The highest BCUT2D eigenvalue weighted by atomic mass is 16.5. The van der Waals surface area contributed by atoms with Crippen molar-refractivity contribution in [2.75, 3.05) is 6.54 Å². The molecule has 6 heteroatoms. The maximum absolute atomic E-state index is 5.47. The Balaban J connectivity index is 1.74. The molecular weight excluding hydrogens is 256 g/mol. The van der Waals surface area contributed by atoms with E-state index in [-0.39, 0.29) is 0 Å². The van der Waals surface area contributed by atoms with Gasteiger partial charge in [-0.15, -0.1) is 10.2 Å². The van der Waals surface area contributed by atoms with Crippen LogP contribution in [0.25, 0.3) is 0 Å². The van der Waals surface area contributed by atoms with Crippen LogP contribution in [-0.2, 0) is 6.54 Å². The summed E-state index contributed by atoms with van der Waals surface area (Å²) in [6, 6.07) is 2.37. The summed E-state index contributed by atoms with van der Waals surface area (Å²) in [7, 11) is 0. The van der Waals surface area contributed by atoms with Gasteiger partial charge in [0.25, 0.3) is 0 Å². The second-order valence-corrected chi connectivity index (χ2v) is 5.65. The average molecular weight is 276 g/mol. The van der Waals surface area contributed by atoms with E-state index >= 15 is 0 Å². The van der Waals surface area contributed by atoms with E-state index in [2.05, 4.69) is 40.2 Å². The van der Waals surface area contributed by atoms with E-state index in [0.29, 0.717) is 30.3 Å². The highest BCUT2D eigenvalue weighted by molar-refractivity contribution is 5.13. The van der Waals surface area contributed by atoms with Crippen molar-refractivity contribution in [3.8, 4) is 0 Å². The van der Waals surface area contributed by atoms with E-state index in [4.69, 9.17) is 8.94 Å². The first kappa shape index (κ1) is 13.3. The molecule has 0 radical (unpaired) electrons. The van der Waals surface area contributed by atoms with Crippen LogP contribution in [0.1, 0.15) is 61.9 Å². The second-order valence-electron chi connectivity index (χ2n) is 5.65. The smallest absolute Gasteiger partial charge is 0.230 e. The summed E-state index contributed by atoms with van der Waals surface area (Å²) >= 11 is 0. The molecule has 108 valence electrons. The van der Waals surface area contributed by atoms with Crippen molar-refractivity contribution < 1.29 is 8.94 Å². The highest BCUT2D eigenvalue weighted by Crippen LogP contribution is 2.33. The molecule has 1 aliphatic heterocycles. The van der Waals surface area contributed by atoms with Crippen molar-refractivity contribution in [3.05, 3.63) is 29.3 Å². The van der Waals surface area contributed by atoms with Crippen LogP contribution in [0.15, 0.2) is 15.0 Å². The molecule has 0 unspecified atom stereocenters. The minimum Gasteiger partial charge on any atom is -0.424 e. The summed E-state index contributed by atoms with van der Waals surface area (Å²) in [4.78, 5) is 2.33. The first-order chi connectivity index (χ1) is 9.63. The summed E-state index contributed by atoms with van der Waals surface area (Å²) in [5.74, 6) is 2.59. The first-order valence-electron chi connectivity index (χ1n) is 7.13. The van der Waals surface area contributed by atoms with Gasteiger partial charge in [0, 0.05) is 18.9 Å². The molecule has 20 heavy (non-hydrogen) atoms. The lowest BCUT2D eigenvalue weighted by atomic mass is 10.1. The maximum Gasteiger partial charge on any atom is 0.230 e. The van der Waals surface area contributed by atoms with Gasteiger partial charge in [0.15, 0.2) is 0 Å². The van der Waals surface area contributed by atoms with Gasteiger partial charge in [-0.1, -0.05) is 19.0 Å². The lowest BCUT2D eigenvalue weighted by Crippen LogP contribution is -2.23. The average Bonchev–Trinajstić information content (AvgIpc) is 3.10. The Kier molecular flexibility index (Phi) is 3.56. The number of hydrogen-bond acceptors (Lipinski definition) is 6. The Labute approximate surface area is 118 Å². The Morgan fingerprint density at radius 1 is 1.40 bits per heavy atom. The quantitative estimate of drug-likeness (QED) is 0.855. The minimum absolute atomic E-state index is 0.290. The van der Waals surface area contributed by atoms with Crippen LogP contribution >= 0.6 is 0 Å². The van der Waals surface area contributed by atoms with Crippen LogP contribution in [0.5, 0.6) is 0 Å². The lowest BCUT2D eigenvalue weighted by molar-refractivity contribution is 0.213. The molecule has 6 nitrogen and oxygen atoms in total. The van der Waals surface area contributed by atoms with Crippen molar-refractivity contribution in [3.63, 3.8) is 0 Å². The van der Waals surface area contributed by atoms with Gasteiger partial charge in [0.2, 0.25) is 11.8 Å². The molecule has 0 saturated carbocycles. The van der Waals surface area contributed by atoms with Gasteiger partial charge in [-0.05, 0) is 19.4 Å². The zero-order valence-electron chi connectivity index (χ0n) is 12.2. The predicted molar refractivity (Wildman–Crippen MR) is 72.0 cm³/mol. The Morgan fingerprint density at radius 3 is 2.90 bits per heavy atom. The predicted octanol–water partition coefficient (Wildman–Crippen LogP) is 2.83. The van der Waals surface area contributed by atoms with Crippen LogP contribution in [0.4, 0.5) is 0 Å². The molecule has 2 aromatic rings. The molecule has 2 aromatic heterocycles. The normalized spacial score (nSPS) is 20.1. The Morgan fingerprint density at radius 2 is 2.25 bits per heavy atom. The molecular formula is C14H20N4O2. The molecule has 0 aromatic carbocycles. The standard InChI is InChI=1S/C14H20N4O2/c1-9(2)13-7-11(17-20-13)12-5-4-6-18(12)8-14-16-15-10(3)19-14/h7,9,12H,4-6,8H2,1-3H3/t12-/m1/s1. The Hall–Kier alpha value is -1.69. The molecule has 3 heterocycles. The first-order valence-corrected chi connectivity index (χ1v) is 7.13. The van der Waals surface area contributed by atoms with Crippen LogP contribution in [0, 0.1) is 6.92 Å². The summed E-state index contributed by atoms with van der Waals surface area (Å²) in [5, 5.41) is 12.2. The van der Waals surface area contributed by atoms with Gasteiger partial charge in [-0.2, -0.15) is 0 Å². The maximum atomic E-state index is 5.47. The minimum atomic E-state index is 0.290. The van der Waals surface area contributed by atoms with E-state index < -0.39 is 0 Å². The molecule has 1 atom stereocenters. The summed E-state index contributed by atoms with van der Waals surface area (Å²) in [5.41, 5.74) is 1.02. The topological polar surface area (TPSA) is 68.2 Å². The fourth-order valence-corrected chi connectivity index (χ4v) is 2.66. The van der Waals surface area contributed by atoms with E-state index in [1.165, 1.54) is 0 Å². The van der Waals surface area contributed by atoms with E-state index in [0.717, 1.165) is 30.8 Å². The fourth-order valence-electron chi connectivity index (χ4n) is 2.66. The molecule has 0 bridgehead atoms. The Bertz CT molecular complexity index is 575. The lowest BCUT2D eigenvalue weighted by Gasteiger charge is -2.20. The molecule has 0 amide bonds. The largest absolute Gasteiger partial charge is 0.424 e. The highest BCUT2D eigenvalue weighted by Gasteiger charge is 2.30. The number of hydrogen-bond donors (Lipinski definition) is 0. The third kappa shape index (κ3) is 2.60. The van der Waals surface area contributed by atoms with E-state index in [9.17, 15) is 0 Å². The molecule has 1 fully saturated rings.